The molecule has 4 unspecified atom stereocenters. The molecule has 0 spiro atoms. The van der Waals surface area contributed by atoms with Gasteiger partial charge in [-0.3, -0.25) is 13.9 Å². The van der Waals surface area contributed by atoms with E-state index in [0.717, 1.165) is 41.6 Å². The van der Waals surface area contributed by atoms with E-state index in [-0.39, 0.29) is 22.9 Å². The highest BCUT2D eigenvalue weighted by molar-refractivity contribution is 7.78. The topological polar surface area (TPSA) is 128 Å². The van der Waals surface area contributed by atoms with Crippen molar-refractivity contribution in [3.8, 4) is 0 Å². The number of rotatable bonds is 8. The fraction of sp³-hybridized carbons (Fsp3) is 0.481. The zero-order chi connectivity index (χ0) is 28.8. The number of ether oxygens (including phenoxy) is 1. The molecular weight excluding hydrogens is 539 g/mol. The normalized spacial score (nSPS) is 27.1. The van der Waals surface area contributed by atoms with Crippen LogP contribution in [0.5, 0.6) is 0 Å². The van der Waals surface area contributed by atoms with Crippen molar-refractivity contribution >= 4 is 47.9 Å². The molecule has 2 heterocycles. The lowest BCUT2D eigenvalue weighted by Crippen LogP contribution is -2.91. The Hall–Kier alpha value is -2.71. The van der Waals surface area contributed by atoms with Crippen LogP contribution in [0, 0.1) is 17.0 Å². The number of quaternary nitrogens is 1. The average molecular weight is 571 g/mol. The highest BCUT2D eigenvalue weighted by atomic mass is 32.2. The van der Waals surface area contributed by atoms with Gasteiger partial charge in [-0.2, -0.15) is 10.1 Å². The summed E-state index contributed by atoms with van der Waals surface area (Å²) in [5.74, 6) is -2.37. The maximum Gasteiger partial charge on any atom is 0.281 e. The summed E-state index contributed by atoms with van der Waals surface area (Å²) in [6.45, 7) is 5.82. The van der Waals surface area contributed by atoms with Gasteiger partial charge in [0, 0.05) is 35.8 Å². The van der Waals surface area contributed by atoms with Gasteiger partial charge in [0.1, 0.15) is 25.5 Å². The molecule has 2 radical (unpaired) electrons. The molecule has 1 saturated carbocycles. The maximum absolute atomic E-state index is 14.0. The molecule has 9 nitrogen and oxygen atoms in total. The third-order valence-electron chi connectivity index (χ3n) is 8.13. The Kier molecular flexibility index (Phi) is 7.88. The Morgan fingerprint density at radius 3 is 2.58 bits per heavy atom. The Bertz CT molecular complexity index is 1360. The Morgan fingerprint density at radius 1 is 1.23 bits per heavy atom. The van der Waals surface area contributed by atoms with Gasteiger partial charge in [0.25, 0.3) is 5.91 Å². The van der Waals surface area contributed by atoms with E-state index in [0.29, 0.717) is 43.0 Å². The minimum absolute atomic E-state index is 0.0258. The Labute approximate surface area is 235 Å². The molecule has 1 amide bonds. The molecule has 1 aliphatic carbocycles. The number of hydrogen-bond acceptors (Lipinski definition) is 7. The number of hydrogen-bond donors (Lipinski definition) is 2. The number of piperazine rings is 1. The van der Waals surface area contributed by atoms with E-state index in [1.165, 1.54) is 0 Å². The predicted octanol–water partition coefficient (Wildman–Crippen LogP) is 0.617. The number of hydrazone groups is 1. The van der Waals surface area contributed by atoms with Crippen molar-refractivity contribution < 1.29 is 32.4 Å². The number of anilines is 2. The summed E-state index contributed by atoms with van der Waals surface area (Å²) in [6.07, 6.45) is 3.56. The molecule has 2 aromatic carbocycles. The summed E-state index contributed by atoms with van der Waals surface area (Å²) >= 11 is -2.33. The van der Waals surface area contributed by atoms with Crippen LogP contribution >= 0.6 is 0 Å². The molecule has 0 aromatic heterocycles. The van der Waals surface area contributed by atoms with Gasteiger partial charge < -0.3 is 20.3 Å². The molecule has 13 heteroatoms. The van der Waals surface area contributed by atoms with Crippen molar-refractivity contribution in [2.75, 3.05) is 37.0 Å². The van der Waals surface area contributed by atoms with E-state index < -0.39 is 40.3 Å². The largest absolute Gasteiger partial charge is 0.772 e. The monoisotopic (exact) mass is 571 g/mol. The molecule has 4 N–H and O–H groups in total. The first-order valence-corrected chi connectivity index (χ1v) is 14.4. The fourth-order valence-corrected chi connectivity index (χ4v) is 5.92. The molecule has 5 rings (SSSR count). The summed E-state index contributed by atoms with van der Waals surface area (Å²) in [5.41, 5.74) is 6.51. The van der Waals surface area contributed by atoms with Crippen LogP contribution in [0.4, 0.5) is 20.2 Å². The van der Waals surface area contributed by atoms with Crippen molar-refractivity contribution in [3.63, 3.8) is 0 Å². The number of amides is 1. The van der Waals surface area contributed by atoms with E-state index in [4.69, 9.17) is 18.3 Å². The Morgan fingerprint density at radius 2 is 1.93 bits per heavy atom. The van der Waals surface area contributed by atoms with Crippen molar-refractivity contribution in [2.24, 2.45) is 10.5 Å². The SMILES string of the molecule is [B]c1cc(C2CN(C3C=NN(c4cc(F)cc(F)c4)C(=O)C3(C)OCC3(C)CC3)CC[NH2+]2)c(CS(=O)[O-])cc1N. The van der Waals surface area contributed by atoms with Crippen LogP contribution in [0.25, 0.3) is 0 Å². The minimum atomic E-state index is -2.33. The number of halogens is 2. The second-order valence-corrected chi connectivity index (χ2v) is 12.3. The quantitative estimate of drug-likeness (QED) is 0.272. The molecule has 2 fully saturated rings. The van der Waals surface area contributed by atoms with E-state index in [2.05, 4.69) is 22.2 Å². The van der Waals surface area contributed by atoms with Crippen LogP contribution in [0.15, 0.2) is 35.4 Å². The number of nitrogens with two attached hydrogens (primary N) is 2. The van der Waals surface area contributed by atoms with Gasteiger partial charge in [-0.15, -0.1) is 0 Å². The lowest BCUT2D eigenvalue weighted by molar-refractivity contribution is -0.705. The summed E-state index contributed by atoms with van der Waals surface area (Å²) < 4.78 is 57.6. The average Bonchev–Trinajstić information content (AvgIpc) is 3.63. The van der Waals surface area contributed by atoms with Crippen molar-refractivity contribution in [3.05, 3.63) is 53.1 Å². The van der Waals surface area contributed by atoms with Gasteiger partial charge in [-0.1, -0.05) is 29.5 Å². The molecular formula is C27H32BF2N5O4S. The molecule has 4 atom stereocenters. The molecule has 2 aromatic rings. The number of nitrogens with zero attached hydrogens (tertiary/aromatic N) is 3. The smallest absolute Gasteiger partial charge is 0.281 e. The third kappa shape index (κ3) is 5.84. The van der Waals surface area contributed by atoms with Gasteiger partial charge in [-0.05, 0) is 48.9 Å². The second-order valence-electron chi connectivity index (χ2n) is 11.4. The predicted molar refractivity (Wildman–Crippen MR) is 148 cm³/mol. The van der Waals surface area contributed by atoms with Gasteiger partial charge in [-0.25, -0.2) is 8.78 Å². The van der Waals surface area contributed by atoms with Crippen LogP contribution in [-0.2, 0) is 26.4 Å². The van der Waals surface area contributed by atoms with Crippen molar-refractivity contribution in [1.82, 2.24) is 4.90 Å². The highest BCUT2D eigenvalue weighted by Crippen LogP contribution is 2.46. The van der Waals surface area contributed by atoms with E-state index in [9.17, 15) is 22.3 Å². The first-order valence-electron chi connectivity index (χ1n) is 13.2. The zero-order valence-corrected chi connectivity index (χ0v) is 23.3. The highest BCUT2D eigenvalue weighted by Gasteiger charge is 2.53. The first kappa shape index (κ1) is 28.8. The molecule has 2 aliphatic heterocycles. The summed E-state index contributed by atoms with van der Waals surface area (Å²) in [7, 11) is 6.09. The molecule has 212 valence electrons. The Balaban J connectivity index is 1.48. The molecule has 1 saturated heterocycles. The minimum Gasteiger partial charge on any atom is -0.772 e. The van der Waals surface area contributed by atoms with Crippen molar-refractivity contribution in [1.29, 1.82) is 0 Å². The number of carbonyl (C=O) groups is 1. The lowest BCUT2D eigenvalue weighted by atomic mass is 9.86. The van der Waals surface area contributed by atoms with Crippen LogP contribution in [0.2, 0.25) is 0 Å². The maximum atomic E-state index is 14.0. The fourth-order valence-electron chi connectivity index (χ4n) is 5.41. The first-order chi connectivity index (χ1) is 18.9. The van der Waals surface area contributed by atoms with Gasteiger partial charge in [0.2, 0.25) is 0 Å². The van der Waals surface area contributed by atoms with Gasteiger partial charge >= 0.3 is 0 Å². The summed E-state index contributed by atoms with van der Waals surface area (Å²) in [6, 6.07) is 5.37. The standard InChI is InChI=1S/C27H32BF2N5O4S/c1-26(3-4-26)15-39-27(2)24(12-33-35(25(27)36)19-9-17(29)8-18(30)10-19)34-6-5-32-23(13-34)20-11-21(28)22(31)7-16(20)14-40(37)38/h7-12,23-24,32H,3-6,13-15,31H2,1-2H3,(H,37,38). The van der Waals surface area contributed by atoms with E-state index >= 15 is 0 Å². The van der Waals surface area contributed by atoms with Crippen molar-refractivity contribution in [2.45, 2.75) is 50.1 Å². The van der Waals surface area contributed by atoms with Crippen LogP contribution in [0.1, 0.15) is 43.9 Å². The second kappa shape index (κ2) is 10.9. The zero-order valence-electron chi connectivity index (χ0n) is 22.4. The molecule has 40 heavy (non-hydrogen) atoms. The number of carbonyl (C=O) groups excluding carboxylic acids is 1. The third-order valence-corrected chi connectivity index (χ3v) is 8.68. The van der Waals surface area contributed by atoms with E-state index in [1.54, 1.807) is 25.3 Å². The molecule has 0 bridgehead atoms. The number of nitrogen functional groups attached to an aromatic ring is 1. The summed E-state index contributed by atoms with van der Waals surface area (Å²) in [4.78, 5) is 16.1. The molecule has 3 aliphatic rings. The van der Waals surface area contributed by atoms with Gasteiger partial charge in [0.15, 0.2) is 5.60 Å². The lowest BCUT2D eigenvalue weighted by Gasteiger charge is -2.46. The van der Waals surface area contributed by atoms with Crippen LogP contribution < -0.4 is 21.5 Å². The number of benzene rings is 2. The van der Waals surface area contributed by atoms with Crippen LogP contribution in [-0.4, -0.2) is 71.5 Å². The van der Waals surface area contributed by atoms with Gasteiger partial charge in [0.05, 0.1) is 31.4 Å². The van der Waals surface area contributed by atoms with E-state index in [1.807, 2.05) is 0 Å². The summed E-state index contributed by atoms with van der Waals surface area (Å²) in [5, 5.41) is 7.43. The van der Waals surface area contributed by atoms with Crippen LogP contribution in [0.3, 0.4) is 0 Å².